The Hall–Kier alpha value is -6.18. The quantitative estimate of drug-likeness (QED) is 0.193. The van der Waals surface area contributed by atoms with Gasteiger partial charge in [0.25, 0.3) is 22.7 Å². The Morgan fingerprint density at radius 1 is 1.02 bits per heavy atom. The molecule has 3 aromatic heterocycles. The molecule has 45 heavy (non-hydrogen) atoms. The number of H-pyrrole nitrogens is 1. The van der Waals surface area contributed by atoms with Gasteiger partial charge in [0.15, 0.2) is 5.82 Å². The molecule has 0 aliphatic heterocycles. The predicted molar refractivity (Wildman–Crippen MR) is 162 cm³/mol. The highest BCUT2D eigenvalue weighted by molar-refractivity contribution is 5.97. The molecule has 0 spiro atoms. The van der Waals surface area contributed by atoms with Crippen LogP contribution < -0.4 is 33.0 Å². The van der Waals surface area contributed by atoms with E-state index in [9.17, 15) is 24.0 Å². The third-order valence-corrected chi connectivity index (χ3v) is 8.17. The van der Waals surface area contributed by atoms with Crippen molar-refractivity contribution in [3.05, 3.63) is 120 Å². The molecule has 5 N–H and O–H groups in total. The van der Waals surface area contributed by atoms with Crippen molar-refractivity contribution in [3.63, 3.8) is 0 Å². The average Bonchev–Trinajstić information content (AvgIpc) is 3.78. The van der Waals surface area contributed by atoms with E-state index in [2.05, 4.69) is 35.3 Å². The van der Waals surface area contributed by atoms with Crippen molar-refractivity contribution in [3.8, 4) is 17.1 Å². The first-order valence-electron chi connectivity index (χ1n) is 14.0. The van der Waals surface area contributed by atoms with Gasteiger partial charge in [-0.05, 0) is 53.5 Å². The summed E-state index contributed by atoms with van der Waals surface area (Å²) in [5.41, 5.74) is 9.05. The summed E-state index contributed by atoms with van der Waals surface area (Å²) >= 11 is 0. The van der Waals surface area contributed by atoms with E-state index < -0.39 is 28.4 Å². The van der Waals surface area contributed by atoms with Crippen LogP contribution in [0.5, 0.6) is 0 Å². The molecule has 1 aliphatic rings. The standard InChI is InChI=1S/C31H24N8O6/c1-14-18-6-7-21(20(18)5-4-19(14)28-37-31(44)45-38-28)36-30(43)23-9-22(34-13-35-23)29(42)33-10-15-2-3-16-11-39(12-17(16)8-15)25-24(32)26(40)27(25)41/h2-5,8-9,11-13,21H,6-7,10,32H2,1H3,(H,33,42)(H,36,43)(H,37,38,44)/t21-/m0/s1. The normalized spacial score (nSPS) is 14.1. The number of anilines is 1. The number of nitrogens with one attached hydrogen (secondary N) is 3. The Morgan fingerprint density at radius 3 is 2.56 bits per heavy atom. The maximum Gasteiger partial charge on any atom is 0.439 e. The summed E-state index contributed by atoms with van der Waals surface area (Å²) in [6.45, 7) is 2.11. The van der Waals surface area contributed by atoms with Crippen LogP contribution in [0.2, 0.25) is 0 Å². The summed E-state index contributed by atoms with van der Waals surface area (Å²) in [5.74, 6) is -1.21. The molecule has 6 aromatic rings. The number of carbonyl (C=O) groups is 2. The van der Waals surface area contributed by atoms with Gasteiger partial charge in [-0.15, -0.1) is 0 Å². The van der Waals surface area contributed by atoms with Crippen molar-refractivity contribution in [1.29, 1.82) is 0 Å². The molecular weight excluding hydrogens is 580 g/mol. The lowest BCUT2D eigenvalue weighted by Gasteiger charge is -2.15. The third kappa shape index (κ3) is 4.77. The minimum absolute atomic E-state index is 0.0341. The van der Waals surface area contributed by atoms with Crippen molar-refractivity contribution in [2.24, 2.45) is 0 Å². The lowest BCUT2D eigenvalue weighted by Crippen LogP contribution is -2.38. The molecule has 7 rings (SSSR count). The van der Waals surface area contributed by atoms with Crippen LogP contribution in [0.4, 0.5) is 5.69 Å². The van der Waals surface area contributed by atoms with Gasteiger partial charge in [0.1, 0.15) is 29.1 Å². The van der Waals surface area contributed by atoms with Gasteiger partial charge >= 0.3 is 5.76 Å². The molecule has 0 unspecified atom stereocenters. The van der Waals surface area contributed by atoms with Crippen LogP contribution in [0.3, 0.4) is 0 Å². The highest BCUT2D eigenvalue weighted by Crippen LogP contribution is 2.37. The fraction of sp³-hybridized carbons (Fsp3) is 0.161. The van der Waals surface area contributed by atoms with Gasteiger partial charge in [0.05, 0.1) is 6.04 Å². The van der Waals surface area contributed by atoms with Crippen LogP contribution in [-0.2, 0) is 13.0 Å². The van der Waals surface area contributed by atoms with E-state index in [1.165, 1.54) is 17.0 Å². The molecule has 14 heteroatoms. The van der Waals surface area contributed by atoms with Crippen LogP contribution in [0, 0.1) is 6.92 Å². The van der Waals surface area contributed by atoms with Crippen LogP contribution in [0.15, 0.2) is 74.0 Å². The molecule has 0 bridgehead atoms. The van der Waals surface area contributed by atoms with Crippen molar-refractivity contribution >= 4 is 28.3 Å². The first-order valence-corrected chi connectivity index (χ1v) is 14.0. The lowest BCUT2D eigenvalue weighted by atomic mass is 9.97. The fourth-order valence-corrected chi connectivity index (χ4v) is 5.83. The highest BCUT2D eigenvalue weighted by Gasteiger charge is 2.28. The second-order valence-electron chi connectivity index (χ2n) is 10.8. The molecule has 3 heterocycles. The van der Waals surface area contributed by atoms with Crippen LogP contribution in [0.1, 0.15) is 55.7 Å². The van der Waals surface area contributed by atoms with Gasteiger partial charge in [-0.2, -0.15) is 0 Å². The zero-order valence-electron chi connectivity index (χ0n) is 23.7. The fourth-order valence-electron chi connectivity index (χ4n) is 5.83. The molecule has 0 fully saturated rings. The van der Waals surface area contributed by atoms with Gasteiger partial charge in [-0.3, -0.25) is 28.7 Å². The maximum absolute atomic E-state index is 13.2. The second-order valence-corrected chi connectivity index (χ2v) is 10.8. The SMILES string of the molecule is Cc1c(-c2noc(=O)[nH]2)ccc2c1CC[C@@H]2NC(=O)c1cc(C(=O)NCc2ccc3cn(-c4c(N)c(=O)c4=O)cc3c2)ncn1. The number of carbonyl (C=O) groups excluding carboxylic acids is 2. The Bertz CT molecular complexity index is 2310. The molecule has 0 saturated carbocycles. The number of aromatic nitrogens is 5. The molecule has 0 radical (unpaired) electrons. The molecule has 0 saturated heterocycles. The molecule has 2 amide bonds. The molecule has 1 aliphatic carbocycles. The molecule has 14 nitrogen and oxygen atoms in total. The number of hydrogen-bond donors (Lipinski definition) is 4. The minimum Gasteiger partial charge on any atom is -0.394 e. The number of fused-ring (bicyclic) bond motifs is 2. The number of nitrogen functional groups attached to an aromatic ring is 1. The number of hydrogen-bond acceptors (Lipinski definition) is 10. The second kappa shape index (κ2) is 10.5. The summed E-state index contributed by atoms with van der Waals surface area (Å²) in [6, 6.07) is 10.3. The summed E-state index contributed by atoms with van der Waals surface area (Å²) in [5, 5.41) is 11.2. The van der Waals surface area contributed by atoms with Gasteiger partial charge in [-0.25, -0.2) is 14.8 Å². The summed E-state index contributed by atoms with van der Waals surface area (Å²) in [4.78, 5) is 71.5. The van der Waals surface area contributed by atoms with E-state index in [1.54, 1.807) is 12.4 Å². The van der Waals surface area contributed by atoms with Crippen LogP contribution in [0.25, 0.3) is 27.8 Å². The molecular formula is C31H24N8O6. The van der Waals surface area contributed by atoms with Crippen LogP contribution >= 0.6 is 0 Å². The number of nitrogens with zero attached hydrogens (tertiary/aromatic N) is 4. The van der Waals surface area contributed by atoms with E-state index in [0.717, 1.165) is 45.0 Å². The third-order valence-electron chi connectivity index (χ3n) is 8.17. The zero-order chi connectivity index (χ0) is 31.4. The van der Waals surface area contributed by atoms with E-state index in [1.807, 2.05) is 37.3 Å². The smallest absolute Gasteiger partial charge is 0.394 e. The van der Waals surface area contributed by atoms with E-state index >= 15 is 0 Å². The monoisotopic (exact) mass is 604 g/mol. The van der Waals surface area contributed by atoms with Gasteiger partial charge in [0.2, 0.25) is 0 Å². The van der Waals surface area contributed by atoms with Gasteiger partial charge < -0.3 is 20.9 Å². The maximum atomic E-state index is 13.2. The minimum atomic E-state index is -0.686. The number of amides is 2. The number of aromatic amines is 1. The number of benzene rings is 2. The Balaban J connectivity index is 1.01. The predicted octanol–water partition coefficient (Wildman–Crippen LogP) is 1.60. The summed E-state index contributed by atoms with van der Waals surface area (Å²) < 4.78 is 6.17. The van der Waals surface area contributed by atoms with Crippen LogP contribution in [-0.4, -0.2) is 36.5 Å². The molecule has 1 atom stereocenters. The summed E-state index contributed by atoms with van der Waals surface area (Å²) in [6.07, 6.45) is 5.97. The Morgan fingerprint density at radius 2 is 1.80 bits per heavy atom. The average molecular weight is 605 g/mol. The number of rotatable bonds is 7. The summed E-state index contributed by atoms with van der Waals surface area (Å²) in [7, 11) is 0. The van der Waals surface area contributed by atoms with Crippen molar-refractivity contribution in [1.82, 2.24) is 35.3 Å². The van der Waals surface area contributed by atoms with E-state index in [4.69, 9.17) is 5.73 Å². The van der Waals surface area contributed by atoms with Gasteiger partial charge in [0, 0.05) is 36.0 Å². The molecule has 3 aromatic carbocycles. The van der Waals surface area contributed by atoms with Crippen molar-refractivity contribution in [2.45, 2.75) is 32.4 Å². The van der Waals surface area contributed by atoms with Crippen molar-refractivity contribution in [2.75, 3.05) is 5.73 Å². The highest BCUT2D eigenvalue weighted by atomic mass is 16.5. The zero-order valence-corrected chi connectivity index (χ0v) is 23.7. The molecule has 224 valence electrons. The van der Waals surface area contributed by atoms with Gasteiger partial charge in [-0.1, -0.05) is 29.4 Å². The topological polar surface area (TPSA) is 208 Å². The van der Waals surface area contributed by atoms with E-state index in [0.29, 0.717) is 12.2 Å². The largest absolute Gasteiger partial charge is 0.439 e. The van der Waals surface area contributed by atoms with Crippen molar-refractivity contribution < 1.29 is 14.1 Å². The number of nitrogens with two attached hydrogens (primary N) is 1. The Labute approximate surface area is 252 Å². The first-order chi connectivity index (χ1) is 21.7. The lowest BCUT2D eigenvalue weighted by molar-refractivity contribution is 0.0931. The first kappa shape index (κ1) is 27.6. The van der Waals surface area contributed by atoms with E-state index in [-0.39, 0.29) is 35.3 Å². The Kier molecular flexibility index (Phi) is 6.46.